The van der Waals surface area contributed by atoms with Gasteiger partial charge in [-0.05, 0) is 116 Å². The van der Waals surface area contributed by atoms with E-state index in [0.717, 1.165) is 16.7 Å². The van der Waals surface area contributed by atoms with E-state index >= 15 is 0 Å². The highest BCUT2D eigenvalue weighted by atomic mass is 16.3. The van der Waals surface area contributed by atoms with Crippen LogP contribution in [0.3, 0.4) is 0 Å². The second-order valence-corrected chi connectivity index (χ2v) is 19.4. The van der Waals surface area contributed by atoms with E-state index in [1.165, 1.54) is 12.3 Å². The van der Waals surface area contributed by atoms with Gasteiger partial charge < -0.3 is 5.11 Å². The van der Waals surface area contributed by atoms with E-state index in [0.29, 0.717) is 61.6 Å². The van der Waals surface area contributed by atoms with Crippen molar-refractivity contribution in [2.75, 3.05) is 0 Å². The zero-order chi connectivity index (χ0) is 58.7. The molecule has 8 aromatic rings. The van der Waals surface area contributed by atoms with Crippen LogP contribution in [-0.2, 0) is 21.7 Å². The molecule has 0 saturated carbocycles. The van der Waals surface area contributed by atoms with Crippen molar-refractivity contribution in [3.05, 3.63) is 167 Å². The van der Waals surface area contributed by atoms with Crippen molar-refractivity contribution < 1.29 is 27.0 Å². The summed E-state index contributed by atoms with van der Waals surface area (Å²) in [7, 11) is 0. The van der Waals surface area contributed by atoms with Crippen LogP contribution < -0.4 is 0 Å². The van der Waals surface area contributed by atoms with E-state index in [4.69, 9.17) is 31.9 Å². The van der Waals surface area contributed by atoms with Crippen molar-refractivity contribution in [2.45, 2.75) is 111 Å². The number of aromatic nitrogens is 3. The van der Waals surface area contributed by atoms with Crippen molar-refractivity contribution in [3.63, 3.8) is 0 Å². The van der Waals surface area contributed by atoms with E-state index in [2.05, 4.69) is 20.8 Å². The van der Waals surface area contributed by atoms with Crippen molar-refractivity contribution in [3.8, 4) is 67.5 Å². The summed E-state index contributed by atoms with van der Waals surface area (Å²) in [6.45, 7) is 4.65. The SMILES string of the molecule is [2H]c1c([2H])c(C(C([2H])([2H])[2H])(C([2H])([2H])[2H])C([2H])([2H])[2H])c([2H])c([2H])c1-c1ccnc(-c2cc(-c3cccc4c3nc(-c3cc(C(C)(C)C)cc(C(C)(C)C)c3O)n4-c3ccc(C([2H])([2H])[2H])cc3-c3ccccc3)cc(C(C)(C)C)c2)c1. The predicted octanol–water partition coefficient (Wildman–Crippen LogP) is 16.0. The lowest BCUT2D eigenvalue weighted by Crippen LogP contribution is -2.17. The molecule has 0 bridgehead atoms. The Bertz CT molecular complexity index is 3610. The maximum atomic E-state index is 12.5. The monoisotopic (exact) mass is 846 g/mol. The van der Waals surface area contributed by atoms with Gasteiger partial charge in [-0.15, -0.1) is 0 Å². The van der Waals surface area contributed by atoms with Crippen molar-refractivity contribution >= 4 is 11.0 Å². The highest BCUT2D eigenvalue weighted by Crippen LogP contribution is 2.46. The molecule has 4 nitrogen and oxygen atoms in total. The molecule has 0 unspecified atom stereocenters. The highest BCUT2D eigenvalue weighted by molar-refractivity contribution is 5.98. The lowest BCUT2D eigenvalue weighted by molar-refractivity contribution is 0.446. The Morgan fingerprint density at radius 2 is 1.24 bits per heavy atom. The molecule has 0 aliphatic carbocycles. The van der Waals surface area contributed by atoms with Crippen LogP contribution in [0, 0.1) is 6.85 Å². The topological polar surface area (TPSA) is 50.9 Å². The first-order valence-corrected chi connectivity index (χ1v) is 21.1. The molecule has 0 atom stereocenters. The largest absolute Gasteiger partial charge is 0.507 e. The van der Waals surface area contributed by atoms with E-state index in [1.54, 1.807) is 24.3 Å². The minimum absolute atomic E-state index is 0.0458. The molecule has 0 aliphatic rings. The van der Waals surface area contributed by atoms with Crippen LogP contribution in [0.4, 0.5) is 0 Å². The summed E-state index contributed by atoms with van der Waals surface area (Å²) < 4.78 is 138. The van der Waals surface area contributed by atoms with Gasteiger partial charge in [0.2, 0.25) is 0 Å². The summed E-state index contributed by atoms with van der Waals surface area (Å²) in [6.07, 6.45) is 1.41. The highest BCUT2D eigenvalue weighted by Gasteiger charge is 2.29. The van der Waals surface area contributed by atoms with Crippen LogP contribution in [0.2, 0.25) is 0 Å². The maximum absolute atomic E-state index is 12.5. The van der Waals surface area contributed by atoms with Gasteiger partial charge in [0.05, 0.1) is 33.5 Å². The first-order chi connectivity index (χ1) is 36.2. The normalized spacial score (nSPS) is 17.1. The van der Waals surface area contributed by atoms with Gasteiger partial charge in [0.15, 0.2) is 0 Å². The van der Waals surface area contributed by atoms with Gasteiger partial charge in [0.1, 0.15) is 11.6 Å². The van der Waals surface area contributed by atoms with Crippen LogP contribution in [0.1, 0.15) is 133 Å². The van der Waals surface area contributed by atoms with Gasteiger partial charge >= 0.3 is 0 Å². The molecule has 0 fully saturated rings. The van der Waals surface area contributed by atoms with Gasteiger partial charge in [0.25, 0.3) is 0 Å². The number of rotatable bonds is 6. The van der Waals surface area contributed by atoms with Crippen LogP contribution in [0.5, 0.6) is 5.75 Å². The minimum atomic E-state index is -3.83. The zero-order valence-electron chi connectivity index (χ0n) is 53.3. The number of imidazole rings is 1. The molecular formula is C59H63N3O. The van der Waals surface area contributed by atoms with E-state index < -0.39 is 73.4 Å². The molecule has 0 radical (unpaired) electrons. The number of fused-ring (bicyclic) bond motifs is 1. The van der Waals surface area contributed by atoms with Crippen LogP contribution in [-0.4, -0.2) is 19.6 Å². The van der Waals surface area contributed by atoms with Crippen LogP contribution in [0.15, 0.2) is 140 Å². The fraction of sp³-hybridized carbons (Fsp3) is 0.288. The first kappa shape index (κ1) is 27.7. The average Bonchev–Trinajstić information content (AvgIpc) is 3.72. The lowest BCUT2D eigenvalue weighted by Gasteiger charge is -2.27. The van der Waals surface area contributed by atoms with Crippen molar-refractivity contribution in [1.82, 2.24) is 14.5 Å². The first-order valence-electron chi connectivity index (χ1n) is 29.1. The molecule has 0 amide bonds. The van der Waals surface area contributed by atoms with Crippen molar-refractivity contribution in [1.29, 1.82) is 0 Å². The molecule has 8 rings (SSSR count). The Labute approximate surface area is 398 Å². The second kappa shape index (κ2) is 15.8. The number of aromatic hydroxyl groups is 1. The third-order valence-corrected chi connectivity index (χ3v) is 11.5. The predicted molar refractivity (Wildman–Crippen MR) is 267 cm³/mol. The Morgan fingerprint density at radius 1 is 0.540 bits per heavy atom. The summed E-state index contributed by atoms with van der Waals surface area (Å²) in [5, 5.41) is 12.5. The molecule has 0 saturated heterocycles. The summed E-state index contributed by atoms with van der Waals surface area (Å²) in [5.41, 5.74) is 1.99. The molecule has 320 valence electrons. The number of nitrogens with zero attached hydrogens (tertiary/aromatic N) is 3. The summed E-state index contributed by atoms with van der Waals surface area (Å²) in [6, 6.07) is 29.3. The average molecular weight is 846 g/mol. The van der Waals surface area contributed by atoms with E-state index in [9.17, 15) is 5.11 Å². The molecule has 0 aliphatic heterocycles. The third kappa shape index (κ3) is 8.61. The molecule has 0 spiro atoms. The Balaban J connectivity index is 1.42. The molecule has 6 aromatic carbocycles. The number of aryl methyl sites for hydroxylation is 1. The summed E-state index contributed by atoms with van der Waals surface area (Å²) in [4.78, 5) is 10.2. The van der Waals surface area contributed by atoms with E-state index in [1.807, 2.05) is 125 Å². The van der Waals surface area contributed by atoms with Gasteiger partial charge in [-0.1, -0.05) is 173 Å². The van der Waals surface area contributed by atoms with Gasteiger partial charge in [-0.2, -0.15) is 0 Å². The standard InChI is InChI=1S/C59H63N3O/c1-37-22-27-51(47(30-37)39-18-15-14-16-19-39)62-52-21-17-20-46(53(52)61-55(62)48-35-45(58(8,9)10)36-49(54(48)63)59(11,12)13)41-31-42(33-44(32-41)57(5,6)7)50-34-40(28-29-60-50)38-23-25-43(26-24-38)56(2,3)4/h14-36,63H,1-13H3/i1D3,2D3,3D3,4D3,23D,24D,25D,26D. The van der Waals surface area contributed by atoms with Crippen LogP contribution in [0.25, 0.3) is 72.7 Å². The summed E-state index contributed by atoms with van der Waals surface area (Å²) >= 11 is 0. The number of pyridine rings is 1. The quantitative estimate of drug-likeness (QED) is 0.181. The fourth-order valence-corrected chi connectivity index (χ4v) is 7.90. The lowest BCUT2D eigenvalue weighted by atomic mass is 9.79. The van der Waals surface area contributed by atoms with Gasteiger partial charge in [-0.3, -0.25) is 9.55 Å². The van der Waals surface area contributed by atoms with E-state index in [-0.39, 0.29) is 27.9 Å². The van der Waals surface area contributed by atoms with Crippen molar-refractivity contribution in [2.24, 2.45) is 0 Å². The number of hydrogen-bond donors (Lipinski definition) is 1. The van der Waals surface area contributed by atoms with Crippen LogP contribution >= 0.6 is 0 Å². The zero-order valence-corrected chi connectivity index (χ0v) is 37.3. The number of para-hydroxylation sites is 1. The third-order valence-electron chi connectivity index (χ3n) is 11.5. The number of hydrogen-bond acceptors (Lipinski definition) is 3. The number of benzene rings is 6. The molecule has 1 N–H and O–H groups in total. The molecule has 4 heteroatoms. The number of phenols is 1. The Morgan fingerprint density at radius 3 is 1.90 bits per heavy atom. The molecule has 2 heterocycles. The second-order valence-electron chi connectivity index (χ2n) is 19.4. The Kier molecular flexibility index (Phi) is 6.96. The Hall–Kier alpha value is -6.26. The smallest absolute Gasteiger partial charge is 0.149 e. The summed E-state index contributed by atoms with van der Waals surface area (Å²) in [5.74, 6) is 0.446. The molecule has 2 aromatic heterocycles. The fourth-order valence-electron chi connectivity index (χ4n) is 7.90. The van der Waals surface area contributed by atoms with Gasteiger partial charge in [0, 0.05) is 44.9 Å². The minimum Gasteiger partial charge on any atom is -0.507 e. The molecule has 63 heavy (non-hydrogen) atoms. The molecular weight excluding hydrogens is 767 g/mol. The number of phenolic OH excluding ortho intramolecular Hbond substituents is 1. The van der Waals surface area contributed by atoms with Gasteiger partial charge in [-0.25, -0.2) is 4.98 Å². The maximum Gasteiger partial charge on any atom is 0.149 e.